The highest BCUT2D eigenvalue weighted by Crippen LogP contribution is 2.23. The number of rotatable bonds is 6. The first-order valence-electron chi connectivity index (χ1n) is 11.7. The fourth-order valence-corrected chi connectivity index (χ4v) is 4.49. The van der Waals surface area contributed by atoms with Crippen LogP contribution in [0.4, 0.5) is 11.6 Å². The molecule has 1 atom stereocenters. The van der Waals surface area contributed by atoms with Crippen molar-refractivity contribution in [1.29, 1.82) is 0 Å². The molecule has 1 unspecified atom stereocenters. The number of piperidine rings is 1. The van der Waals surface area contributed by atoms with Crippen LogP contribution in [0.15, 0.2) is 33.9 Å². The molecule has 36 heavy (non-hydrogen) atoms. The van der Waals surface area contributed by atoms with Gasteiger partial charge in [-0.3, -0.25) is 28.1 Å². The number of ketones is 1. The number of imidazole rings is 1. The third-order valence-electron chi connectivity index (χ3n) is 6.21. The number of amides is 1. The number of carbonyl (C=O) groups is 2. The number of carbonyl (C=O) groups excluding carboxylic acids is 2. The Morgan fingerprint density at radius 1 is 1.22 bits per heavy atom. The van der Waals surface area contributed by atoms with Crippen molar-refractivity contribution >= 4 is 34.5 Å². The van der Waals surface area contributed by atoms with Gasteiger partial charge in [0.05, 0.1) is 18.8 Å². The van der Waals surface area contributed by atoms with Crippen molar-refractivity contribution < 1.29 is 9.59 Å². The lowest BCUT2D eigenvalue weighted by Crippen LogP contribution is -2.44. The molecule has 1 saturated heterocycles. The molecule has 1 amide bonds. The fourth-order valence-electron chi connectivity index (χ4n) is 4.49. The zero-order valence-electron chi connectivity index (χ0n) is 20.6. The lowest BCUT2D eigenvalue weighted by molar-refractivity contribution is -0.114. The second-order valence-corrected chi connectivity index (χ2v) is 8.83. The van der Waals surface area contributed by atoms with E-state index in [0.29, 0.717) is 18.2 Å². The predicted molar refractivity (Wildman–Crippen MR) is 137 cm³/mol. The smallest absolute Gasteiger partial charge is 0.332 e. The summed E-state index contributed by atoms with van der Waals surface area (Å²) in [6, 6.07) is 6.44. The highest BCUT2D eigenvalue weighted by Gasteiger charge is 2.27. The average molecular weight is 492 g/mol. The minimum absolute atomic E-state index is 0.0222. The molecule has 0 aliphatic carbocycles. The third-order valence-corrected chi connectivity index (χ3v) is 6.21. The maximum atomic E-state index is 13.7. The molecule has 1 aromatic carbocycles. The van der Waals surface area contributed by atoms with Gasteiger partial charge in [0.1, 0.15) is 0 Å². The van der Waals surface area contributed by atoms with E-state index >= 15 is 0 Å². The zero-order valence-corrected chi connectivity index (χ0v) is 20.6. The first kappa shape index (κ1) is 24.9. The number of nitrogens with two attached hydrogens (primary N) is 1. The SMILES string of the molecule is CC#CCn1c(N2CCCC(N)C2)nc2c1c(=O)n(CC(=O)c1ccccc1NC(C)=O)c(=O)n2C. The van der Waals surface area contributed by atoms with E-state index in [9.17, 15) is 19.2 Å². The molecule has 2 aromatic heterocycles. The number of aromatic nitrogens is 4. The van der Waals surface area contributed by atoms with E-state index in [2.05, 4.69) is 22.1 Å². The van der Waals surface area contributed by atoms with Crippen LogP contribution < -0.4 is 27.2 Å². The molecule has 11 nitrogen and oxygen atoms in total. The average Bonchev–Trinajstić information content (AvgIpc) is 3.23. The zero-order chi connectivity index (χ0) is 26.0. The lowest BCUT2D eigenvalue weighted by Gasteiger charge is -2.31. The second-order valence-electron chi connectivity index (χ2n) is 8.83. The van der Waals surface area contributed by atoms with Crippen molar-refractivity contribution in [3.8, 4) is 11.8 Å². The normalized spacial score (nSPS) is 15.4. The molecular weight excluding hydrogens is 462 g/mol. The molecule has 11 heteroatoms. The van der Waals surface area contributed by atoms with Crippen molar-refractivity contribution in [2.45, 2.75) is 45.8 Å². The summed E-state index contributed by atoms with van der Waals surface area (Å²) in [5, 5.41) is 2.61. The minimum atomic E-state index is -0.661. The van der Waals surface area contributed by atoms with Gasteiger partial charge in [-0.25, -0.2) is 4.79 Å². The Labute approximate surface area is 207 Å². The number of nitrogens with one attached hydrogen (secondary N) is 1. The number of hydrogen-bond acceptors (Lipinski definition) is 7. The van der Waals surface area contributed by atoms with E-state index in [1.807, 2.05) is 4.90 Å². The minimum Gasteiger partial charge on any atom is -0.341 e. The molecule has 0 spiro atoms. The number of aryl methyl sites for hydroxylation is 1. The van der Waals surface area contributed by atoms with E-state index < -0.39 is 23.6 Å². The van der Waals surface area contributed by atoms with Gasteiger partial charge in [0.2, 0.25) is 11.9 Å². The number of anilines is 2. The number of Topliss-reactive ketones (excluding diaryl/α,β-unsaturated/α-hetero) is 1. The first-order valence-corrected chi connectivity index (χ1v) is 11.7. The van der Waals surface area contributed by atoms with Crippen LogP contribution >= 0.6 is 0 Å². The van der Waals surface area contributed by atoms with Gasteiger partial charge in [-0.05, 0) is 31.9 Å². The summed E-state index contributed by atoms with van der Waals surface area (Å²) in [5.74, 6) is 5.52. The van der Waals surface area contributed by atoms with Gasteiger partial charge in [-0.1, -0.05) is 18.1 Å². The lowest BCUT2D eigenvalue weighted by atomic mass is 10.1. The van der Waals surface area contributed by atoms with Crippen LogP contribution in [0.25, 0.3) is 11.2 Å². The van der Waals surface area contributed by atoms with Crippen LogP contribution in [-0.2, 0) is 24.9 Å². The van der Waals surface area contributed by atoms with Crippen molar-refractivity contribution in [2.75, 3.05) is 23.3 Å². The van der Waals surface area contributed by atoms with Crippen LogP contribution in [0.2, 0.25) is 0 Å². The molecule has 188 valence electrons. The third kappa shape index (κ3) is 4.67. The van der Waals surface area contributed by atoms with Gasteiger partial charge in [0.15, 0.2) is 16.9 Å². The first-order chi connectivity index (χ1) is 17.2. The van der Waals surface area contributed by atoms with E-state index in [1.54, 1.807) is 35.8 Å². The molecular formula is C25H29N7O4. The summed E-state index contributed by atoms with van der Waals surface area (Å²) in [6.07, 6.45) is 1.79. The number of para-hydroxylation sites is 1. The number of fused-ring (bicyclic) bond motifs is 1. The molecule has 3 aromatic rings. The van der Waals surface area contributed by atoms with Crippen molar-refractivity contribution in [3.63, 3.8) is 0 Å². The predicted octanol–water partition coefficient (Wildman–Crippen LogP) is 0.689. The summed E-state index contributed by atoms with van der Waals surface area (Å²) >= 11 is 0. The van der Waals surface area contributed by atoms with Gasteiger partial charge in [0.25, 0.3) is 5.56 Å². The maximum Gasteiger partial charge on any atom is 0.332 e. The Morgan fingerprint density at radius 3 is 2.67 bits per heavy atom. The van der Waals surface area contributed by atoms with Crippen LogP contribution in [-0.4, -0.2) is 49.5 Å². The van der Waals surface area contributed by atoms with Gasteiger partial charge in [-0.15, -0.1) is 5.92 Å². The highest BCUT2D eigenvalue weighted by molar-refractivity contribution is 6.04. The Balaban J connectivity index is 1.85. The summed E-state index contributed by atoms with van der Waals surface area (Å²) in [5.41, 5.74) is 5.82. The van der Waals surface area contributed by atoms with Crippen molar-refractivity contribution in [2.24, 2.45) is 12.8 Å². The molecule has 1 aliphatic heterocycles. The van der Waals surface area contributed by atoms with Gasteiger partial charge in [-0.2, -0.15) is 4.98 Å². The van der Waals surface area contributed by atoms with Crippen LogP contribution in [0.5, 0.6) is 0 Å². The van der Waals surface area contributed by atoms with Crippen LogP contribution in [0.1, 0.15) is 37.0 Å². The standard InChI is InChI=1S/C25H29N7O4/c1-4-5-13-31-21-22(28-24(31)30-12-8-9-17(26)14-30)29(3)25(36)32(23(21)35)15-20(34)18-10-6-7-11-19(18)27-16(2)33/h6-7,10-11,17H,8-9,12-15,26H2,1-3H3,(H,27,33). The molecule has 3 heterocycles. The van der Waals surface area contributed by atoms with E-state index in [1.165, 1.54) is 18.5 Å². The largest absolute Gasteiger partial charge is 0.341 e. The summed E-state index contributed by atoms with van der Waals surface area (Å²) in [4.78, 5) is 58.2. The van der Waals surface area contributed by atoms with Gasteiger partial charge < -0.3 is 16.0 Å². The van der Waals surface area contributed by atoms with E-state index in [4.69, 9.17) is 5.73 Å². The second kappa shape index (κ2) is 10.2. The van der Waals surface area contributed by atoms with Crippen molar-refractivity contribution in [1.82, 2.24) is 18.7 Å². The summed E-state index contributed by atoms with van der Waals surface area (Å²) < 4.78 is 3.86. The summed E-state index contributed by atoms with van der Waals surface area (Å²) in [6.45, 7) is 4.03. The highest BCUT2D eigenvalue weighted by atomic mass is 16.2. The molecule has 0 bridgehead atoms. The Morgan fingerprint density at radius 2 is 1.97 bits per heavy atom. The Kier molecular flexibility index (Phi) is 7.07. The molecule has 3 N–H and O–H groups in total. The van der Waals surface area contributed by atoms with Gasteiger partial charge in [0, 0.05) is 38.7 Å². The van der Waals surface area contributed by atoms with Crippen LogP contribution in [0, 0.1) is 11.8 Å². The fraction of sp³-hybridized carbons (Fsp3) is 0.400. The monoisotopic (exact) mass is 491 g/mol. The quantitative estimate of drug-likeness (QED) is 0.382. The van der Waals surface area contributed by atoms with E-state index in [-0.39, 0.29) is 35.2 Å². The van der Waals surface area contributed by atoms with E-state index in [0.717, 1.165) is 24.0 Å². The van der Waals surface area contributed by atoms with Crippen molar-refractivity contribution in [3.05, 3.63) is 50.7 Å². The molecule has 0 radical (unpaired) electrons. The Bertz CT molecular complexity index is 1520. The molecule has 1 fully saturated rings. The number of nitrogens with zero attached hydrogens (tertiary/aromatic N) is 5. The maximum absolute atomic E-state index is 13.7. The topological polar surface area (TPSA) is 137 Å². The molecule has 4 rings (SSSR count). The Hall–Kier alpha value is -4.17. The number of benzene rings is 1. The van der Waals surface area contributed by atoms with Crippen LogP contribution in [0.3, 0.4) is 0 Å². The van der Waals surface area contributed by atoms with Gasteiger partial charge >= 0.3 is 5.69 Å². The molecule has 0 saturated carbocycles. The number of hydrogen-bond donors (Lipinski definition) is 2. The summed E-state index contributed by atoms with van der Waals surface area (Å²) in [7, 11) is 1.52. The molecule has 1 aliphatic rings.